The quantitative estimate of drug-likeness (QED) is 0.574. The Labute approximate surface area is 166 Å². The lowest BCUT2D eigenvalue weighted by Crippen LogP contribution is -2.42. The van der Waals surface area contributed by atoms with Crippen LogP contribution in [0.15, 0.2) is 78.0 Å². The van der Waals surface area contributed by atoms with E-state index in [9.17, 15) is 14.3 Å². The molecule has 5 nitrogen and oxygen atoms in total. The van der Waals surface area contributed by atoms with Crippen molar-refractivity contribution in [2.24, 2.45) is 0 Å². The van der Waals surface area contributed by atoms with E-state index < -0.39 is 11.5 Å². The second-order valence-corrected chi connectivity index (χ2v) is 7.33. The molecule has 1 amide bonds. The van der Waals surface area contributed by atoms with E-state index in [0.29, 0.717) is 22.1 Å². The van der Waals surface area contributed by atoms with Gasteiger partial charge in [-0.2, -0.15) is 0 Å². The fraction of sp³-hybridized carbons (Fsp3) is 0.143. The number of anilines is 1. The Morgan fingerprint density at radius 2 is 1.82 bits per heavy atom. The van der Waals surface area contributed by atoms with Crippen molar-refractivity contribution in [2.75, 3.05) is 11.1 Å². The number of pyridine rings is 1. The highest BCUT2D eigenvalue weighted by Gasteiger charge is 2.30. The zero-order chi connectivity index (χ0) is 20.0. The molecule has 1 unspecified atom stereocenters. The predicted molar refractivity (Wildman–Crippen MR) is 107 cm³/mol. The molecule has 3 rings (SSSR count). The number of halogens is 1. The number of hydrogen-bond acceptors (Lipinski definition) is 5. The molecule has 0 fully saturated rings. The molecule has 2 aromatic carbocycles. The van der Waals surface area contributed by atoms with Crippen molar-refractivity contribution in [1.29, 1.82) is 0 Å². The number of amides is 1. The van der Waals surface area contributed by atoms with Gasteiger partial charge in [-0.05, 0) is 61.5 Å². The highest BCUT2D eigenvalue weighted by Crippen LogP contribution is 2.26. The molecular weight excluding hydrogens is 379 g/mol. The van der Waals surface area contributed by atoms with Crippen LogP contribution in [0.25, 0.3) is 0 Å². The number of thioether (sulfide) groups is 1. The highest BCUT2D eigenvalue weighted by molar-refractivity contribution is 7.99. The minimum absolute atomic E-state index is 0.0888. The van der Waals surface area contributed by atoms with Gasteiger partial charge in [-0.1, -0.05) is 6.07 Å². The van der Waals surface area contributed by atoms with Gasteiger partial charge in [-0.25, -0.2) is 4.39 Å². The van der Waals surface area contributed by atoms with Crippen molar-refractivity contribution >= 4 is 23.4 Å². The number of rotatable bonds is 7. The third-order valence-electron chi connectivity index (χ3n) is 3.80. The molecule has 3 aromatic rings. The Balaban J connectivity index is 1.56. The van der Waals surface area contributed by atoms with Crippen LogP contribution in [0.4, 0.5) is 10.1 Å². The third-order valence-corrected chi connectivity index (χ3v) is 5.10. The van der Waals surface area contributed by atoms with E-state index >= 15 is 0 Å². The lowest BCUT2D eigenvalue weighted by molar-refractivity contribution is -0.130. The van der Waals surface area contributed by atoms with Crippen LogP contribution in [0.1, 0.15) is 6.92 Å². The summed E-state index contributed by atoms with van der Waals surface area (Å²) in [5.74, 6) is 0.454. The molecule has 28 heavy (non-hydrogen) atoms. The number of carbonyl (C=O) groups excluding carboxylic acids is 1. The van der Waals surface area contributed by atoms with Crippen LogP contribution < -0.4 is 10.1 Å². The molecular formula is C21H19FN2O3S. The largest absolute Gasteiger partial charge is 0.457 e. The van der Waals surface area contributed by atoms with E-state index in [1.807, 2.05) is 0 Å². The van der Waals surface area contributed by atoms with Gasteiger partial charge in [0.2, 0.25) is 0 Å². The molecule has 0 radical (unpaired) electrons. The molecule has 1 atom stereocenters. The molecule has 0 spiro atoms. The number of carbonyl (C=O) groups is 1. The number of benzene rings is 2. The van der Waals surface area contributed by atoms with Gasteiger partial charge in [-0.3, -0.25) is 9.78 Å². The normalized spacial score (nSPS) is 12.8. The smallest absolute Gasteiger partial charge is 0.256 e. The second-order valence-electron chi connectivity index (χ2n) is 6.28. The maximum Gasteiger partial charge on any atom is 0.256 e. The van der Waals surface area contributed by atoms with E-state index in [0.717, 1.165) is 0 Å². The molecule has 0 aliphatic heterocycles. The maximum absolute atomic E-state index is 13.2. The molecule has 2 N–H and O–H groups in total. The molecule has 0 aliphatic carbocycles. The molecule has 7 heteroatoms. The van der Waals surface area contributed by atoms with Crippen LogP contribution in [-0.2, 0) is 4.79 Å². The van der Waals surface area contributed by atoms with Crippen molar-refractivity contribution in [3.05, 3.63) is 78.9 Å². The van der Waals surface area contributed by atoms with E-state index in [4.69, 9.17) is 4.74 Å². The monoisotopic (exact) mass is 398 g/mol. The number of nitrogens with zero attached hydrogens (tertiary/aromatic N) is 1. The topological polar surface area (TPSA) is 71.5 Å². The maximum atomic E-state index is 13.2. The Kier molecular flexibility index (Phi) is 6.28. The number of nitrogens with one attached hydrogen (secondary N) is 1. The van der Waals surface area contributed by atoms with Gasteiger partial charge in [0.25, 0.3) is 5.91 Å². The van der Waals surface area contributed by atoms with E-state index in [-0.39, 0.29) is 11.6 Å². The fourth-order valence-electron chi connectivity index (χ4n) is 2.26. The van der Waals surface area contributed by atoms with Gasteiger partial charge in [0.05, 0.1) is 0 Å². The fourth-order valence-corrected chi connectivity index (χ4v) is 3.21. The lowest BCUT2D eigenvalue weighted by Gasteiger charge is -2.22. The van der Waals surface area contributed by atoms with Crippen molar-refractivity contribution in [1.82, 2.24) is 4.98 Å². The first-order valence-electron chi connectivity index (χ1n) is 8.52. The van der Waals surface area contributed by atoms with Crippen LogP contribution in [0.2, 0.25) is 0 Å². The Morgan fingerprint density at radius 1 is 1.14 bits per heavy atom. The number of hydrogen-bond donors (Lipinski definition) is 2. The standard InChI is InChI=1S/C21H19FN2O3S/c1-21(26,14-28-19-4-2-3-15(22)13-19)20(25)24-16-5-7-17(8-6-16)27-18-9-11-23-12-10-18/h2-13,26H,14H2,1H3,(H,24,25). The van der Waals surface area contributed by atoms with Crippen LogP contribution in [-0.4, -0.2) is 27.4 Å². The number of aromatic nitrogens is 1. The number of aliphatic hydroxyl groups is 1. The molecule has 1 aromatic heterocycles. The lowest BCUT2D eigenvalue weighted by atomic mass is 10.1. The van der Waals surface area contributed by atoms with E-state index in [1.165, 1.54) is 30.8 Å². The highest BCUT2D eigenvalue weighted by atomic mass is 32.2. The van der Waals surface area contributed by atoms with Gasteiger partial charge in [-0.15, -0.1) is 11.8 Å². The zero-order valence-electron chi connectivity index (χ0n) is 15.1. The van der Waals surface area contributed by atoms with Crippen LogP contribution in [0, 0.1) is 5.82 Å². The van der Waals surface area contributed by atoms with Gasteiger partial charge < -0.3 is 15.2 Å². The summed E-state index contributed by atoms with van der Waals surface area (Å²) < 4.78 is 18.9. The minimum Gasteiger partial charge on any atom is -0.457 e. The molecule has 0 bridgehead atoms. The van der Waals surface area contributed by atoms with Gasteiger partial charge in [0.1, 0.15) is 22.9 Å². The summed E-state index contributed by atoms with van der Waals surface area (Å²) in [5, 5.41) is 13.1. The van der Waals surface area contributed by atoms with Crippen molar-refractivity contribution in [2.45, 2.75) is 17.4 Å². The molecule has 0 aliphatic rings. The van der Waals surface area contributed by atoms with Gasteiger partial charge >= 0.3 is 0 Å². The third kappa shape index (κ3) is 5.55. The van der Waals surface area contributed by atoms with Gasteiger partial charge in [0.15, 0.2) is 0 Å². The van der Waals surface area contributed by atoms with Crippen LogP contribution >= 0.6 is 11.8 Å². The first-order valence-corrected chi connectivity index (χ1v) is 9.51. The van der Waals surface area contributed by atoms with Gasteiger partial charge in [0, 0.05) is 28.7 Å². The Bertz CT molecular complexity index is 934. The summed E-state index contributed by atoms with van der Waals surface area (Å²) in [4.78, 5) is 17.0. The average molecular weight is 398 g/mol. The summed E-state index contributed by atoms with van der Waals surface area (Å²) >= 11 is 1.21. The first-order chi connectivity index (χ1) is 13.4. The SMILES string of the molecule is CC(O)(CSc1cccc(F)c1)C(=O)Nc1ccc(Oc2ccncc2)cc1. The van der Waals surface area contributed by atoms with Crippen LogP contribution in [0.3, 0.4) is 0 Å². The minimum atomic E-state index is -1.62. The van der Waals surface area contributed by atoms with Crippen molar-refractivity contribution in [3.8, 4) is 11.5 Å². The predicted octanol–water partition coefficient (Wildman–Crippen LogP) is 4.49. The number of ether oxygens (including phenoxy) is 1. The molecule has 1 heterocycles. The van der Waals surface area contributed by atoms with Crippen LogP contribution in [0.5, 0.6) is 11.5 Å². The van der Waals surface area contributed by atoms with E-state index in [2.05, 4.69) is 10.3 Å². The molecule has 0 saturated carbocycles. The van der Waals surface area contributed by atoms with Crippen molar-refractivity contribution < 1.29 is 19.0 Å². The van der Waals surface area contributed by atoms with Crippen molar-refractivity contribution in [3.63, 3.8) is 0 Å². The molecule has 144 valence electrons. The summed E-state index contributed by atoms with van der Waals surface area (Å²) in [6, 6.07) is 16.3. The first kappa shape index (κ1) is 19.9. The zero-order valence-corrected chi connectivity index (χ0v) is 15.9. The summed E-state index contributed by atoms with van der Waals surface area (Å²) in [5.41, 5.74) is -1.09. The Morgan fingerprint density at radius 3 is 2.50 bits per heavy atom. The summed E-state index contributed by atoms with van der Waals surface area (Å²) in [6.45, 7) is 1.43. The molecule has 0 saturated heterocycles. The second kappa shape index (κ2) is 8.86. The Hall–Kier alpha value is -2.90. The summed E-state index contributed by atoms with van der Waals surface area (Å²) in [7, 11) is 0. The summed E-state index contributed by atoms with van der Waals surface area (Å²) in [6.07, 6.45) is 3.27. The van der Waals surface area contributed by atoms with E-state index in [1.54, 1.807) is 60.9 Å². The average Bonchev–Trinajstić information content (AvgIpc) is 2.69.